The van der Waals surface area contributed by atoms with Crippen LogP contribution in [0, 0.1) is 3.57 Å². The van der Waals surface area contributed by atoms with E-state index in [-0.39, 0.29) is 6.04 Å². The lowest BCUT2D eigenvalue weighted by Crippen LogP contribution is -2.24. The minimum atomic E-state index is -0.557. The molecule has 0 spiro atoms. The van der Waals surface area contributed by atoms with E-state index < -0.39 is 6.10 Å². The fourth-order valence-electron chi connectivity index (χ4n) is 0.998. The number of benzene rings is 1. The Bertz CT molecular complexity index is 262. The van der Waals surface area contributed by atoms with Crippen molar-refractivity contribution in [2.24, 2.45) is 5.73 Å². The number of nitrogens with two attached hydrogens (primary N) is 1. The van der Waals surface area contributed by atoms with Crippen molar-refractivity contribution in [2.75, 3.05) is 0 Å². The van der Waals surface area contributed by atoms with Crippen LogP contribution in [0.3, 0.4) is 0 Å². The second-order valence-electron chi connectivity index (χ2n) is 2.83. The molecular formula is C9H12INO. The van der Waals surface area contributed by atoms with E-state index in [2.05, 4.69) is 22.6 Å². The highest BCUT2D eigenvalue weighted by molar-refractivity contribution is 14.1. The second-order valence-corrected chi connectivity index (χ2v) is 3.99. The fourth-order valence-corrected chi connectivity index (χ4v) is 1.70. The van der Waals surface area contributed by atoms with Crippen LogP contribution >= 0.6 is 22.6 Å². The van der Waals surface area contributed by atoms with Crippen molar-refractivity contribution in [3.63, 3.8) is 0 Å². The molecule has 0 saturated heterocycles. The molecule has 2 nitrogen and oxygen atoms in total. The maximum atomic E-state index is 9.65. The molecule has 12 heavy (non-hydrogen) atoms. The predicted octanol–water partition coefficient (Wildman–Crippen LogP) is 1.67. The van der Waals surface area contributed by atoms with Crippen LogP contribution in [0.15, 0.2) is 24.3 Å². The van der Waals surface area contributed by atoms with Crippen LogP contribution in [-0.2, 0) is 0 Å². The van der Waals surface area contributed by atoms with Gasteiger partial charge in [0.2, 0.25) is 0 Å². The highest BCUT2D eigenvalue weighted by atomic mass is 127. The third-order valence-electron chi connectivity index (χ3n) is 1.72. The van der Waals surface area contributed by atoms with Crippen LogP contribution in [0.2, 0.25) is 0 Å². The summed E-state index contributed by atoms with van der Waals surface area (Å²) in [5.41, 5.74) is 6.49. The van der Waals surface area contributed by atoms with Gasteiger partial charge >= 0.3 is 0 Å². The summed E-state index contributed by atoms with van der Waals surface area (Å²) in [4.78, 5) is 0. The average Bonchev–Trinajstić information content (AvgIpc) is 2.04. The molecule has 2 atom stereocenters. The standard InChI is InChI=1S/C9H12INO/c1-6(11)9(12)7-4-2-3-5-8(7)10/h2-6,9,12H,11H2,1H3. The molecule has 0 amide bonds. The first kappa shape index (κ1) is 9.95. The van der Waals surface area contributed by atoms with E-state index in [4.69, 9.17) is 5.73 Å². The summed E-state index contributed by atoms with van der Waals surface area (Å²) in [6, 6.07) is 7.49. The van der Waals surface area contributed by atoms with E-state index >= 15 is 0 Å². The Kier molecular flexibility index (Phi) is 3.49. The molecule has 0 aliphatic carbocycles. The molecule has 1 rings (SSSR count). The number of hydrogen-bond acceptors (Lipinski definition) is 2. The number of halogens is 1. The van der Waals surface area contributed by atoms with E-state index in [0.29, 0.717) is 0 Å². The Morgan fingerprint density at radius 2 is 2.00 bits per heavy atom. The van der Waals surface area contributed by atoms with E-state index in [1.807, 2.05) is 24.3 Å². The molecule has 0 bridgehead atoms. The lowest BCUT2D eigenvalue weighted by Gasteiger charge is -2.15. The summed E-state index contributed by atoms with van der Waals surface area (Å²) in [6.07, 6.45) is -0.557. The Labute approximate surface area is 85.9 Å². The summed E-state index contributed by atoms with van der Waals surface area (Å²) in [5, 5.41) is 9.65. The molecule has 0 saturated carbocycles. The lowest BCUT2D eigenvalue weighted by molar-refractivity contribution is 0.152. The number of aliphatic hydroxyl groups excluding tert-OH is 1. The van der Waals surface area contributed by atoms with Gasteiger partial charge in [-0.1, -0.05) is 18.2 Å². The molecular weight excluding hydrogens is 265 g/mol. The third-order valence-corrected chi connectivity index (χ3v) is 2.70. The van der Waals surface area contributed by atoms with Crippen LogP contribution < -0.4 is 5.73 Å². The van der Waals surface area contributed by atoms with E-state index in [0.717, 1.165) is 9.13 Å². The lowest BCUT2D eigenvalue weighted by atomic mass is 10.0. The van der Waals surface area contributed by atoms with Crippen LogP contribution in [0.25, 0.3) is 0 Å². The first-order chi connectivity index (χ1) is 5.63. The van der Waals surface area contributed by atoms with E-state index in [1.54, 1.807) is 6.92 Å². The third kappa shape index (κ3) is 2.18. The van der Waals surface area contributed by atoms with Crippen LogP contribution in [0.1, 0.15) is 18.6 Å². The monoisotopic (exact) mass is 277 g/mol. The van der Waals surface area contributed by atoms with Gasteiger partial charge in [0.1, 0.15) is 0 Å². The largest absolute Gasteiger partial charge is 0.387 e. The Morgan fingerprint density at radius 1 is 1.42 bits per heavy atom. The first-order valence-corrected chi connectivity index (χ1v) is 4.89. The molecule has 0 radical (unpaired) electrons. The molecule has 0 fully saturated rings. The topological polar surface area (TPSA) is 46.2 Å². The maximum Gasteiger partial charge on any atom is 0.0948 e. The van der Waals surface area contributed by atoms with Gasteiger partial charge in [-0.3, -0.25) is 0 Å². The van der Waals surface area contributed by atoms with E-state index in [9.17, 15) is 5.11 Å². The van der Waals surface area contributed by atoms with E-state index in [1.165, 1.54) is 0 Å². The summed E-state index contributed by atoms with van der Waals surface area (Å²) >= 11 is 2.19. The molecule has 3 heteroatoms. The van der Waals surface area contributed by atoms with Crippen molar-refractivity contribution in [1.29, 1.82) is 0 Å². The van der Waals surface area contributed by atoms with Gasteiger partial charge in [-0.15, -0.1) is 0 Å². The van der Waals surface area contributed by atoms with Crippen molar-refractivity contribution in [1.82, 2.24) is 0 Å². The van der Waals surface area contributed by atoms with Gasteiger partial charge in [-0.05, 0) is 41.1 Å². The summed E-state index contributed by atoms with van der Waals surface area (Å²) in [5.74, 6) is 0. The molecule has 3 N–H and O–H groups in total. The van der Waals surface area contributed by atoms with Gasteiger partial charge < -0.3 is 10.8 Å². The summed E-state index contributed by atoms with van der Waals surface area (Å²) < 4.78 is 1.06. The zero-order chi connectivity index (χ0) is 9.14. The maximum absolute atomic E-state index is 9.65. The molecule has 0 aromatic heterocycles. The molecule has 1 aromatic rings. The van der Waals surface area contributed by atoms with Gasteiger partial charge in [-0.25, -0.2) is 0 Å². The predicted molar refractivity (Wildman–Crippen MR) is 57.8 cm³/mol. The Balaban J connectivity index is 2.94. The fraction of sp³-hybridized carbons (Fsp3) is 0.333. The molecule has 2 unspecified atom stereocenters. The van der Waals surface area contributed by atoms with Crippen molar-refractivity contribution in [3.05, 3.63) is 33.4 Å². The van der Waals surface area contributed by atoms with Gasteiger partial charge in [0, 0.05) is 9.61 Å². The van der Waals surface area contributed by atoms with Crippen LogP contribution in [0.5, 0.6) is 0 Å². The van der Waals surface area contributed by atoms with Gasteiger partial charge in [0.25, 0.3) is 0 Å². The van der Waals surface area contributed by atoms with Gasteiger partial charge in [-0.2, -0.15) is 0 Å². The molecule has 0 heterocycles. The minimum Gasteiger partial charge on any atom is -0.387 e. The zero-order valence-corrected chi connectivity index (χ0v) is 9.02. The molecule has 0 aliphatic rings. The van der Waals surface area contributed by atoms with Crippen molar-refractivity contribution >= 4 is 22.6 Å². The number of hydrogen-bond donors (Lipinski definition) is 2. The van der Waals surface area contributed by atoms with Crippen molar-refractivity contribution in [2.45, 2.75) is 19.1 Å². The first-order valence-electron chi connectivity index (χ1n) is 3.81. The second kappa shape index (κ2) is 4.20. The van der Waals surface area contributed by atoms with Crippen LogP contribution in [-0.4, -0.2) is 11.1 Å². The summed E-state index contributed by atoms with van der Waals surface area (Å²) in [7, 11) is 0. The normalized spacial score (nSPS) is 15.7. The Morgan fingerprint density at radius 3 is 2.50 bits per heavy atom. The van der Waals surface area contributed by atoms with Crippen molar-refractivity contribution < 1.29 is 5.11 Å². The SMILES string of the molecule is CC(N)C(O)c1ccccc1I. The minimum absolute atomic E-state index is 0.221. The quantitative estimate of drug-likeness (QED) is 0.808. The molecule has 0 aliphatic heterocycles. The highest BCUT2D eigenvalue weighted by Crippen LogP contribution is 2.21. The highest BCUT2D eigenvalue weighted by Gasteiger charge is 2.13. The van der Waals surface area contributed by atoms with Gasteiger partial charge in [0.05, 0.1) is 6.10 Å². The summed E-state index contributed by atoms with van der Waals surface area (Å²) in [6.45, 7) is 1.80. The Hall–Kier alpha value is -0.130. The average molecular weight is 277 g/mol. The smallest absolute Gasteiger partial charge is 0.0948 e. The number of aliphatic hydroxyl groups is 1. The van der Waals surface area contributed by atoms with Crippen molar-refractivity contribution in [3.8, 4) is 0 Å². The zero-order valence-electron chi connectivity index (χ0n) is 6.87. The van der Waals surface area contributed by atoms with Gasteiger partial charge in [0.15, 0.2) is 0 Å². The molecule has 66 valence electrons. The molecule has 1 aromatic carbocycles. The number of rotatable bonds is 2. The van der Waals surface area contributed by atoms with Crippen LogP contribution in [0.4, 0.5) is 0 Å².